The number of hydrogen-bond acceptors (Lipinski definition) is 2. The fraction of sp³-hybridized carbons (Fsp3) is 1.00. The van der Waals surface area contributed by atoms with E-state index >= 15 is 0 Å². The van der Waals surface area contributed by atoms with Crippen molar-refractivity contribution in [3.63, 3.8) is 0 Å². The van der Waals surface area contributed by atoms with Gasteiger partial charge in [0.05, 0.1) is 0 Å². The van der Waals surface area contributed by atoms with Crippen molar-refractivity contribution in [2.24, 2.45) is 5.92 Å². The van der Waals surface area contributed by atoms with Gasteiger partial charge in [-0.25, -0.2) is 0 Å². The van der Waals surface area contributed by atoms with E-state index in [4.69, 9.17) is 0 Å². The van der Waals surface area contributed by atoms with E-state index in [0.717, 1.165) is 5.92 Å². The van der Waals surface area contributed by atoms with Gasteiger partial charge in [-0.3, -0.25) is 0 Å². The Morgan fingerprint density at radius 2 is 2.31 bits per heavy atom. The zero-order valence-electron chi connectivity index (χ0n) is 8.63. The summed E-state index contributed by atoms with van der Waals surface area (Å²) in [4.78, 5) is 3.30. The second-order valence-corrected chi connectivity index (χ2v) is 6.35. The minimum absolute atomic E-state index is 0.716. The molecule has 0 aliphatic carbocycles. The van der Waals surface area contributed by atoms with Crippen LogP contribution in [0.5, 0.6) is 0 Å². The highest BCUT2D eigenvalue weighted by Crippen LogP contribution is 2.23. The van der Waals surface area contributed by atoms with Gasteiger partial charge in [0, 0.05) is 23.7 Å². The monoisotopic (exact) mass is 265 g/mol. The highest BCUT2D eigenvalue weighted by Gasteiger charge is 2.23. The van der Waals surface area contributed by atoms with Gasteiger partial charge in [-0.15, -0.1) is 0 Å². The Labute approximate surface area is 94.8 Å². The Balaban J connectivity index is 2.14. The summed E-state index contributed by atoms with van der Waals surface area (Å²) in [5, 5.41) is 0. The maximum absolute atomic E-state index is 3.75. The Morgan fingerprint density at radius 1 is 1.54 bits per heavy atom. The van der Waals surface area contributed by atoms with Crippen molar-refractivity contribution >= 4 is 27.7 Å². The zero-order chi connectivity index (χ0) is 9.68. The molecule has 0 saturated carbocycles. The molecule has 1 aliphatic heterocycles. The van der Waals surface area contributed by atoms with E-state index in [1.54, 1.807) is 0 Å². The van der Waals surface area contributed by atoms with Gasteiger partial charge in [0.1, 0.15) is 0 Å². The van der Waals surface area contributed by atoms with Crippen molar-refractivity contribution in [2.75, 3.05) is 31.1 Å². The molecular weight excluding hydrogens is 246 g/mol. The SMILES string of the molecule is CCSCCN1CCC(C)C(Br)C1. The number of piperidine rings is 1. The van der Waals surface area contributed by atoms with Crippen molar-refractivity contribution < 1.29 is 0 Å². The van der Waals surface area contributed by atoms with Gasteiger partial charge < -0.3 is 4.90 Å². The summed E-state index contributed by atoms with van der Waals surface area (Å²) in [6.45, 7) is 8.39. The first kappa shape index (κ1) is 11.9. The molecule has 3 heteroatoms. The molecule has 1 heterocycles. The first-order chi connectivity index (χ1) is 6.24. The molecule has 1 nitrogen and oxygen atoms in total. The third-order valence-electron chi connectivity index (χ3n) is 2.71. The average Bonchev–Trinajstić information content (AvgIpc) is 2.12. The van der Waals surface area contributed by atoms with Crippen molar-refractivity contribution in [2.45, 2.75) is 25.1 Å². The predicted octanol–water partition coefficient (Wildman–Crippen LogP) is 2.84. The second-order valence-electron chi connectivity index (χ2n) is 3.78. The van der Waals surface area contributed by atoms with Crippen LogP contribution in [-0.4, -0.2) is 40.9 Å². The molecule has 1 aliphatic rings. The normalized spacial score (nSPS) is 30.7. The van der Waals surface area contributed by atoms with Crippen LogP contribution in [0.2, 0.25) is 0 Å². The van der Waals surface area contributed by atoms with Gasteiger partial charge in [-0.1, -0.05) is 29.8 Å². The Hall–Kier alpha value is 0.790. The summed E-state index contributed by atoms with van der Waals surface area (Å²) in [6, 6.07) is 0. The van der Waals surface area contributed by atoms with Crippen molar-refractivity contribution in [1.82, 2.24) is 4.90 Å². The van der Waals surface area contributed by atoms with Crippen LogP contribution in [0.3, 0.4) is 0 Å². The second kappa shape index (κ2) is 6.31. The molecule has 13 heavy (non-hydrogen) atoms. The Morgan fingerprint density at radius 3 is 2.92 bits per heavy atom. The number of alkyl halides is 1. The van der Waals surface area contributed by atoms with Crippen LogP contribution in [0.25, 0.3) is 0 Å². The van der Waals surface area contributed by atoms with E-state index in [-0.39, 0.29) is 0 Å². The fourth-order valence-electron chi connectivity index (χ4n) is 1.63. The molecule has 0 spiro atoms. The predicted molar refractivity (Wildman–Crippen MR) is 65.9 cm³/mol. The molecule has 1 rings (SSSR count). The van der Waals surface area contributed by atoms with Gasteiger partial charge in [0.15, 0.2) is 0 Å². The largest absolute Gasteiger partial charge is 0.301 e. The number of halogens is 1. The maximum atomic E-state index is 3.75. The zero-order valence-corrected chi connectivity index (χ0v) is 11.0. The van der Waals surface area contributed by atoms with Gasteiger partial charge in [-0.2, -0.15) is 11.8 Å². The minimum atomic E-state index is 0.716. The van der Waals surface area contributed by atoms with Crippen LogP contribution in [0.15, 0.2) is 0 Å². The average molecular weight is 266 g/mol. The highest BCUT2D eigenvalue weighted by molar-refractivity contribution is 9.09. The van der Waals surface area contributed by atoms with Crippen LogP contribution >= 0.6 is 27.7 Å². The van der Waals surface area contributed by atoms with Crippen LogP contribution in [0.4, 0.5) is 0 Å². The molecule has 0 N–H and O–H groups in total. The van der Waals surface area contributed by atoms with Gasteiger partial charge >= 0.3 is 0 Å². The van der Waals surface area contributed by atoms with Crippen LogP contribution in [0, 0.1) is 5.92 Å². The van der Waals surface area contributed by atoms with Gasteiger partial charge in [0.2, 0.25) is 0 Å². The minimum Gasteiger partial charge on any atom is -0.301 e. The molecule has 0 aromatic heterocycles. The molecule has 0 radical (unpaired) electrons. The molecule has 0 aromatic rings. The third kappa shape index (κ3) is 4.22. The number of nitrogens with zero attached hydrogens (tertiary/aromatic N) is 1. The lowest BCUT2D eigenvalue weighted by Crippen LogP contribution is -2.41. The lowest BCUT2D eigenvalue weighted by Gasteiger charge is -2.34. The summed E-state index contributed by atoms with van der Waals surface area (Å²) in [5.74, 6) is 3.40. The summed E-state index contributed by atoms with van der Waals surface area (Å²) >= 11 is 5.80. The van der Waals surface area contributed by atoms with Crippen LogP contribution < -0.4 is 0 Å². The first-order valence-corrected chi connectivity index (χ1v) is 7.25. The van der Waals surface area contributed by atoms with Crippen molar-refractivity contribution in [1.29, 1.82) is 0 Å². The lowest BCUT2D eigenvalue weighted by atomic mass is 9.99. The molecule has 0 bridgehead atoms. The number of likely N-dealkylation sites (tertiary alicyclic amines) is 1. The molecule has 2 unspecified atom stereocenters. The molecule has 78 valence electrons. The highest BCUT2D eigenvalue weighted by atomic mass is 79.9. The number of thioether (sulfide) groups is 1. The fourth-order valence-corrected chi connectivity index (χ4v) is 2.98. The molecule has 1 saturated heterocycles. The van der Waals surface area contributed by atoms with Gasteiger partial charge in [0.25, 0.3) is 0 Å². The van der Waals surface area contributed by atoms with Crippen molar-refractivity contribution in [3.8, 4) is 0 Å². The van der Waals surface area contributed by atoms with E-state index in [2.05, 4.69) is 34.7 Å². The lowest BCUT2D eigenvalue weighted by molar-refractivity contribution is 0.212. The van der Waals surface area contributed by atoms with E-state index in [0.29, 0.717) is 4.83 Å². The van der Waals surface area contributed by atoms with Gasteiger partial charge in [-0.05, 0) is 24.6 Å². The van der Waals surface area contributed by atoms with E-state index < -0.39 is 0 Å². The van der Waals surface area contributed by atoms with Crippen LogP contribution in [0.1, 0.15) is 20.3 Å². The third-order valence-corrected chi connectivity index (χ3v) is 4.78. The Bertz CT molecular complexity index is 143. The quantitative estimate of drug-likeness (QED) is 0.568. The summed E-state index contributed by atoms with van der Waals surface area (Å²) in [7, 11) is 0. The summed E-state index contributed by atoms with van der Waals surface area (Å²) < 4.78 is 0. The molecule has 2 atom stereocenters. The van der Waals surface area contributed by atoms with Crippen LogP contribution in [-0.2, 0) is 0 Å². The topological polar surface area (TPSA) is 3.24 Å². The number of hydrogen-bond donors (Lipinski definition) is 0. The first-order valence-electron chi connectivity index (χ1n) is 5.18. The van der Waals surface area contributed by atoms with E-state index in [1.807, 2.05) is 11.8 Å². The smallest absolute Gasteiger partial charge is 0.0299 e. The number of rotatable bonds is 4. The maximum Gasteiger partial charge on any atom is 0.0299 e. The standard InChI is InChI=1S/C10H20BrNS/c1-3-13-7-6-12-5-4-9(2)10(11)8-12/h9-10H,3-8H2,1-2H3. The van der Waals surface area contributed by atoms with E-state index in [9.17, 15) is 0 Å². The Kier molecular flexibility index (Phi) is 5.75. The molecular formula is C10H20BrNS. The molecule has 1 fully saturated rings. The molecule has 0 aromatic carbocycles. The van der Waals surface area contributed by atoms with E-state index in [1.165, 1.54) is 37.6 Å². The summed E-state index contributed by atoms with van der Waals surface area (Å²) in [5.41, 5.74) is 0. The molecule has 0 amide bonds. The van der Waals surface area contributed by atoms with Crippen molar-refractivity contribution in [3.05, 3.63) is 0 Å². The summed E-state index contributed by atoms with van der Waals surface area (Å²) in [6.07, 6.45) is 1.35.